The first-order chi connectivity index (χ1) is 4.70. The summed E-state index contributed by atoms with van der Waals surface area (Å²) in [5.41, 5.74) is 0.382. The van der Waals surface area contributed by atoms with Gasteiger partial charge in [0.1, 0.15) is 0 Å². The number of hydrogen-bond donors (Lipinski definition) is 1. The summed E-state index contributed by atoms with van der Waals surface area (Å²) < 4.78 is 0. The Balaban J connectivity index is 2.30. The molecule has 1 unspecified atom stereocenters. The van der Waals surface area contributed by atoms with Gasteiger partial charge >= 0.3 is 0 Å². The van der Waals surface area contributed by atoms with Crippen LogP contribution in [0.1, 0.15) is 33.1 Å². The van der Waals surface area contributed by atoms with Crippen molar-refractivity contribution in [1.82, 2.24) is 5.32 Å². The maximum Gasteiger partial charge on any atom is 0.0688 e. The molecule has 1 rings (SSSR count). The predicted molar refractivity (Wildman–Crippen MR) is 43.7 cm³/mol. The molecule has 10 heavy (non-hydrogen) atoms. The van der Waals surface area contributed by atoms with Crippen LogP contribution in [-0.4, -0.2) is 11.6 Å². The predicted octanol–water partition coefficient (Wildman–Crippen LogP) is 1.54. The van der Waals surface area contributed by atoms with E-state index in [2.05, 4.69) is 25.1 Å². The summed E-state index contributed by atoms with van der Waals surface area (Å²) in [4.78, 5) is 0. The molecule has 1 saturated carbocycles. The molecule has 0 aromatic carbocycles. The van der Waals surface area contributed by atoms with E-state index in [0.717, 1.165) is 6.42 Å². The molecular formula is C9H15N. The standard InChI is InChI=1S/C9H15N/c1-4-8(5-2)10-9(3)6-7-9/h1,8,10H,5-7H2,2-3H3. The van der Waals surface area contributed by atoms with Gasteiger partial charge in [-0.15, -0.1) is 6.42 Å². The SMILES string of the molecule is C#CC(CC)NC1(C)CC1. The van der Waals surface area contributed by atoms with Gasteiger partial charge in [-0.1, -0.05) is 12.8 Å². The molecule has 0 aliphatic heterocycles. The Bertz CT molecular complexity index is 151. The Kier molecular flexibility index (Phi) is 2.01. The molecule has 0 radical (unpaired) electrons. The van der Waals surface area contributed by atoms with Gasteiger partial charge in [0.15, 0.2) is 0 Å². The van der Waals surface area contributed by atoms with Crippen molar-refractivity contribution < 1.29 is 0 Å². The topological polar surface area (TPSA) is 12.0 Å². The maximum absolute atomic E-state index is 5.31. The van der Waals surface area contributed by atoms with E-state index in [0.29, 0.717) is 5.54 Å². The van der Waals surface area contributed by atoms with E-state index in [-0.39, 0.29) is 6.04 Å². The fourth-order valence-electron chi connectivity index (χ4n) is 1.01. The largest absolute Gasteiger partial charge is 0.298 e. The Morgan fingerprint density at radius 3 is 2.60 bits per heavy atom. The number of terminal acetylenes is 1. The van der Waals surface area contributed by atoms with Gasteiger partial charge in [-0.05, 0) is 26.2 Å². The van der Waals surface area contributed by atoms with Gasteiger partial charge in [0.05, 0.1) is 6.04 Å². The summed E-state index contributed by atoms with van der Waals surface area (Å²) in [6.07, 6.45) is 8.91. The van der Waals surface area contributed by atoms with Gasteiger partial charge in [0.25, 0.3) is 0 Å². The molecule has 1 atom stereocenters. The van der Waals surface area contributed by atoms with Crippen molar-refractivity contribution in [2.75, 3.05) is 0 Å². The highest BCUT2D eigenvalue weighted by molar-refractivity contribution is 5.06. The van der Waals surface area contributed by atoms with Crippen LogP contribution in [0.25, 0.3) is 0 Å². The average molecular weight is 137 g/mol. The summed E-state index contributed by atoms with van der Waals surface area (Å²) in [6.45, 7) is 4.34. The maximum atomic E-state index is 5.31. The van der Waals surface area contributed by atoms with Crippen molar-refractivity contribution in [1.29, 1.82) is 0 Å². The van der Waals surface area contributed by atoms with E-state index in [1.807, 2.05) is 0 Å². The van der Waals surface area contributed by atoms with Gasteiger partial charge in [0.2, 0.25) is 0 Å². The van der Waals surface area contributed by atoms with E-state index in [9.17, 15) is 0 Å². The number of hydrogen-bond acceptors (Lipinski definition) is 1. The Labute approximate surface area is 63.2 Å². The molecule has 1 aliphatic rings. The highest BCUT2D eigenvalue weighted by Gasteiger charge is 2.37. The molecule has 0 aromatic heterocycles. The quantitative estimate of drug-likeness (QED) is 0.582. The van der Waals surface area contributed by atoms with E-state index in [1.54, 1.807) is 0 Å². The molecule has 0 spiro atoms. The Morgan fingerprint density at radius 2 is 2.30 bits per heavy atom. The van der Waals surface area contributed by atoms with Crippen molar-refractivity contribution in [3.63, 3.8) is 0 Å². The summed E-state index contributed by atoms with van der Waals surface area (Å²) >= 11 is 0. The van der Waals surface area contributed by atoms with Gasteiger partial charge in [-0.25, -0.2) is 0 Å². The van der Waals surface area contributed by atoms with Crippen LogP contribution in [0, 0.1) is 12.3 Å². The normalized spacial score (nSPS) is 23.3. The second-order valence-corrected chi connectivity index (χ2v) is 3.33. The van der Waals surface area contributed by atoms with Crippen molar-refractivity contribution in [2.45, 2.75) is 44.7 Å². The average Bonchev–Trinajstić information content (AvgIpc) is 2.64. The molecule has 0 amide bonds. The van der Waals surface area contributed by atoms with E-state index < -0.39 is 0 Å². The zero-order valence-electron chi connectivity index (χ0n) is 6.78. The lowest BCUT2D eigenvalue weighted by atomic mass is 10.2. The summed E-state index contributed by atoms with van der Waals surface area (Å²) in [7, 11) is 0. The van der Waals surface area contributed by atoms with Crippen LogP contribution in [0.2, 0.25) is 0 Å². The van der Waals surface area contributed by atoms with Crippen LogP contribution in [0.4, 0.5) is 0 Å². The van der Waals surface area contributed by atoms with Crippen LogP contribution < -0.4 is 5.32 Å². The van der Waals surface area contributed by atoms with Crippen LogP contribution in [0.3, 0.4) is 0 Å². The summed E-state index contributed by atoms with van der Waals surface area (Å²) in [5.74, 6) is 2.74. The second kappa shape index (κ2) is 2.64. The molecule has 0 aromatic rings. The molecule has 0 bridgehead atoms. The molecule has 56 valence electrons. The Hall–Kier alpha value is -0.480. The minimum absolute atomic E-state index is 0.285. The van der Waals surface area contributed by atoms with Crippen LogP contribution in [0.15, 0.2) is 0 Å². The van der Waals surface area contributed by atoms with Crippen LogP contribution in [0.5, 0.6) is 0 Å². The molecule has 1 nitrogen and oxygen atoms in total. The van der Waals surface area contributed by atoms with Crippen LogP contribution in [-0.2, 0) is 0 Å². The molecular weight excluding hydrogens is 122 g/mol. The van der Waals surface area contributed by atoms with Crippen molar-refractivity contribution in [3.05, 3.63) is 0 Å². The van der Waals surface area contributed by atoms with Gasteiger partial charge < -0.3 is 0 Å². The molecule has 0 heterocycles. The summed E-state index contributed by atoms with van der Waals surface area (Å²) in [5, 5.41) is 3.43. The van der Waals surface area contributed by atoms with Gasteiger partial charge in [0, 0.05) is 5.54 Å². The molecule has 1 fully saturated rings. The first-order valence-electron chi connectivity index (χ1n) is 3.94. The second-order valence-electron chi connectivity index (χ2n) is 3.33. The third kappa shape index (κ3) is 1.75. The van der Waals surface area contributed by atoms with E-state index in [4.69, 9.17) is 6.42 Å². The lowest BCUT2D eigenvalue weighted by Crippen LogP contribution is -2.36. The molecule has 1 N–H and O–H groups in total. The molecule has 1 heteroatoms. The third-order valence-electron chi connectivity index (χ3n) is 2.13. The van der Waals surface area contributed by atoms with Crippen molar-refractivity contribution in [2.24, 2.45) is 0 Å². The highest BCUT2D eigenvalue weighted by atomic mass is 15.0. The smallest absolute Gasteiger partial charge is 0.0688 e. The summed E-state index contributed by atoms with van der Waals surface area (Å²) in [6, 6.07) is 0.285. The van der Waals surface area contributed by atoms with Gasteiger partial charge in [-0.2, -0.15) is 0 Å². The van der Waals surface area contributed by atoms with Crippen molar-refractivity contribution in [3.8, 4) is 12.3 Å². The number of nitrogens with one attached hydrogen (secondary N) is 1. The zero-order valence-corrected chi connectivity index (χ0v) is 6.78. The minimum Gasteiger partial charge on any atom is -0.298 e. The monoisotopic (exact) mass is 137 g/mol. The van der Waals surface area contributed by atoms with Crippen molar-refractivity contribution >= 4 is 0 Å². The fourth-order valence-corrected chi connectivity index (χ4v) is 1.01. The third-order valence-corrected chi connectivity index (χ3v) is 2.13. The lowest BCUT2D eigenvalue weighted by molar-refractivity contribution is 0.484. The minimum atomic E-state index is 0.285. The first-order valence-corrected chi connectivity index (χ1v) is 3.94. The molecule has 1 aliphatic carbocycles. The zero-order chi connectivity index (χ0) is 7.61. The van der Waals surface area contributed by atoms with E-state index in [1.165, 1.54) is 12.8 Å². The first kappa shape index (κ1) is 7.63. The van der Waals surface area contributed by atoms with E-state index >= 15 is 0 Å². The number of rotatable bonds is 3. The fraction of sp³-hybridized carbons (Fsp3) is 0.778. The lowest BCUT2D eigenvalue weighted by Gasteiger charge is -2.16. The van der Waals surface area contributed by atoms with Gasteiger partial charge in [-0.3, -0.25) is 5.32 Å². The highest BCUT2D eigenvalue weighted by Crippen LogP contribution is 2.34. The Morgan fingerprint density at radius 1 is 1.70 bits per heavy atom. The van der Waals surface area contributed by atoms with Crippen LogP contribution >= 0.6 is 0 Å². The molecule has 0 saturated heterocycles.